The molecule has 1 aliphatic carbocycles. The Hall–Kier alpha value is -0.510. The van der Waals surface area contributed by atoms with Gasteiger partial charge in [0.25, 0.3) is 0 Å². The van der Waals surface area contributed by atoms with E-state index in [2.05, 4.69) is 19.9 Å². The van der Waals surface area contributed by atoms with Crippen LogP contribution in [0.2, 0.25) is 0 Å². The molecule has 0 radical (unpaired) electrons. The average Bonchev–Trinajstić information content (AvgIpc) is 2.40. The van der Waals surface area contributed by atoms with Gasteiger partial charge in [-0.2, -0.15) is 5.26 Å². The molecule has 0 N–H and O–H groups in total. The van der Waals surface area contributed by atoms with Crippen molar-refractivity contribution in [1.29, 1.82) is 5.26 Å². The van der Waals surface area contributed by atoms with E-state index in [9.17, 15) is 0 Å². The minimum absolute atomic E-state index is 0.337. The predicted molar refractivity (Wildman–Crippen MR) is 82.8 cm³/mol. The smallest absolute Gasteiger partial charge is 0.0655 e. The highest BCUT2D eigenvalue weighted by Crippen LogP contribution is 2.26. The molecule has 1 fully saturated rings. The number of nitriles is 1. The Morgan fingerprint density at radius 1 is 0.737 bits per heavy atom. The van der Waals surface area contributed by atoms with E-state index >= 15 is 0 Å². The first-order valence-electron chi connectivity index (χ1n) is 8.63. The molecule has 0 aromatic carbocycles. The maximum absolute atomic E-state index is 9.16. The van der Waals surface area contributed by atoms with Gasteiger partial charge in [-0.3, -0.25) is 0 Å². The van der Waals surface area contributed by atoms with Crippen molar-refractivity contribution in [2.45, 2.75) is 90.9 Å². The molecule has 1 aliphatic rings. The van der Waals surface area contributed by atoms with E-state index in [0.29, 0.717) is 5.92 Å². The molecular formula is C18H33N. The third-order valence-corrected chi connectivity index (χ3v) is 4.88. The van der Waals surface area contributed by atoms with Gasteiger partial charge in [0.2, 0.25) is 0 Å². The van der Waals surface area contributed by atoms with Crippen molar-refractivity contribution in [3.8, 4) is 6.07 Å². The largest absolute Gasteiger partial charge is 0.198 e. The lowest BCUT2D eigenvalue weighted by Gasteiger charge is -2.21. The molecule has 110 valence electrons. The fourth-order valence-corrected chi connectivity index (χ4v) is 3.39. The van der Waals surface area contributed by atoms with Gasteiger partial charge in [0.05, 0.1) is 6.07 Å². The van der Waals surface area contributed by atoms with Crippen LogP contribution >= 0.6 is 0 Å². The summed E-state index contributed by atoms with van der Waals surface area (Å²) in [4.78, 5) is 0. The first-order chi connectivity index (χ1) is 9.24. The third kappa shape index (κ3) is 7.61. The summed E-state index contributed by atoms with van der Waals surface area (Å²) in [6.45, 7) is 4.78. The maximum Gasteiger partial charge on any atom is 0.0655 e. The van der Waals surface area contributed by atoms with Crippen LogP contribution in [0.3, 0.4) is 0 Å². The van der Waals surface area contributed by atoms with Gasteiger partial charge in [-0.05, 0) is 24.7 Å². The quantitative estimate of drug-likeness (QED) is 0.561. The summed E-state index contributed by atoms with van der Waals surface area (Å²) in [6.07, 6.45) is 15.9. The summed E-state index contributed by atoms with van der Waals surface area (Å²) in [6, 6.07) is 2.51. The Bertz CT molecular complexity index is 251. The second-order valence-corrected chi connectivity index (χ2v) is 6.81. The molecule has 2 atom stereocenters. The number of rotatable bonds is 1. The normalized spacial score (nSPS) is 28.5. The molecule has 0 amide bonds. The van der Waals surface area contributed by atoms with Crippen LogP contribution in [-0.2, 0) is 0 Å². The van der Waals surface area contributed by atoms with Crippen molar-refractivity contribution in [2.24, 2.45) is 17.8 Å². The van der Waals surface area contributed by atoms with Crippen molar-refractivity contribution in [2.75, 3.05) is 0 Å². The van der Waals surface area contributed by atoms with E-state index in [1.165, 1.54) is 64.2 Å². The minimum atomic E-state index is 0.337. The first-order valence-corrected chi connectivity index (χ1v) is 8.63. The van der Waals surface area contributed by atoms with Gasteiger partial charge in [0.15, 0.2) is 0 Å². The predicted octanol–water partition coefficient (Wildman–Crippen LogP) is 6.09. The van der Waals surface area contributed by atoms with Crippen molar-refractivity contribution in [3.05, 3.63) is 0 Å². The highest BCUT2D eigenvalue weighted by Gasteiger charge is 2.13. The first kappa shape index (κ1) is 16.5. The number of nitrogens with zero attached hydrogens (tertiary/aromatic N) is 1. The summed E-state index contributed by atoms with van der Waals surface area (Å²) in [5, 5.41) is 9.16. The average molecular weight is 263 g/mol. The van der Waals surface area contributed by atoms with E-state index in [1.54, 1.807) is 0 Å². The molecule has 0 aliphatic heterocycles. The standard InChI is InChI=1S/C18H33N/c1-16(2)18-13-9-5-3-4-7-11-17(15-19)12-8-6-10-14-18/h16-18H,3-14H2,1-2H3. The molecule has 1 heteroatoms. The Balaban J connectivity index is 2.36. The summed E-state index contributed by atoms with van der Waals surface area (Å²) >= 11 is 0. The zero-order valence-corrected chi connectivity index (χ0v) is 13.2. The molecular weight excluding hydrogens is 230 g/mol. The fraction of sp³-hybridized carbons (Fsp3) is 0.944. The van der Waals surface area contributed by atoms with E-state index < -0.39 is 0 Å². The molecule has 2 unspecified atom stereocenters. The molecule has 0 aromatic heterocycles. The van der Waals surface area contributed by atoms with Gasteiger partial charge in [0.1, 0.15) is 0 Å². The number of hydrogen-bond acceptors (Lipinski definition) is 1. The SMILES string of the molecule is CC(C)C1CCCCCCCC(C#N)CCCCC1. The minimum Gasteiger partial charge on any atom is -0.198 e. The molecule has 1 rings (SSSR count). The van der Waals surface area contributed by atoms with Crippen molar-refractivity contribution in [1.82, 2.24) is 0 Å². The molecule has 0 saturated heterocycles. The Labute approximate surface area is 120 Å². The van der Waals surface area contributed by atoms with Gasteiger partial charge in [0, 0.05) is 5.92 Å². The van der Waals surface area contributed by atoms with E-state index in [-0.39, 0.29) is 0 Å². The molecule has 19 heavy (non-hydrogen) atoms. The topological polar surface area (TPSA) is 23.8 Å². The van der Waals surface area contributed by atoms with Crippen LogP contribution in [-0.4, -0.2) is 0 Å². The second kappa shape index (κ2) is 10.3. The highest BCUT2D eigenvalue weighted by molar-refractivity contribution is 4.82. The van der Waals surface area contributed by atoms with E-state index in [4.69, 9.17) is 5.26 Å². The lowest BCUT2D eigenvalue weighted by Crippen LogP contribution is -2.09. The highest BCUT2D eigenvalue weighted by atomic mass is 14.3. The molecule has 1 saturated carbocycles. The van der Waals surface area contributed by atoms with Crippen molar-refractivity contribution in [3.63, 3.8) is 0 Å². The van der Waals surface area contributed by atoms with Crippen LogP contribution in [0.4, 0.5) is 0 Å². The van der Waals surface area contributed by atoms with Gasteiger partial charge in [-0.15, -0.1) is 0 Å². The Morgan fingerprint density at radius 2 is 1.16 bits per heavy atom. The van der Waals surface area contributed by atoms with E-state index in [1.807, 2.05) is 0 Å². The zero-order chi connectivity index (χ0) is 13.9. The van der Waals surface area contributed by atoms with Crippen LogP contribution in [0, 0.1) is 29.1 Å². The Kier molecular flexibility index (Phi) is 8.97. The number of hydrogen-bond donors (Lipinski definition) is 0. The molecule has 0 aromatic rings. The zero-order valence-electron chi connectivity index (χ0n) is 13.2. The van der Waals surface area contributed by atoms with Gasteiger partial charge >= 0.3 is 0 Å². The molecule has 1 nitrogen and oxygen atoms in total. The lowest BCUT2D eigenvalue weighted by molar-refractivity contribution is 0.309. The molecule has 0 heterocycles. The summed E-state index contributed by atoms with van der Waals surface area (Å²) < 4.78 is 0. The third-order valence-electron chi connectivity index (χ3n) is 4.88. The Morgan fingerprint density at radius 3 is 1.63 bits per heavy atom. The van der Waals surface area contributed by atoms with Crippen molar-refractivity contribution >= 4 is 0 Å². The summed E-state index contributed by atoms with van der Waals surface area (Å²) in [5.41, 5.74) is 0. The van der Waals surface area contributed by atoms with E-state index in [0.717, 1.165) is 24.7 Å². The molecule has 0 bridgehead atoms. The van der Waals surface area contributed by atoms with Crippen LogP contribution in [0.15, 0.2) is 0 Å². The van der Waals surface area contributed by atoms with Crippen LogP contribution in [0.25, 0.3) is 0 Å². The summed E-state index contributed by atoms with van der Waals surface area (Å²) in [7, 11) is 0. The van der Waals surface area contributed by atoms with Gasteiger partial charge in [-0.25, -0.2) is 0 Å². The second-order valence-electron chi connectivity index (χ2n) is 6.81. The van der Waals surface area contributed by atoms with Crippen molar-refractivity contribution < 1.29 is 0 Å². The van der Waals surface area contributed by atoms with Gasteiger partial charge in [-0.1, -0.05) is 78.1 Å². The maximum atomic E-state index is 9.16. The monoisotopic (exact) mass is 263 g/mol. The van der Waals surface area contributed by atoms with Crippen LogP contribution in [0.5, 0.6) is 0 Å². The van der Waals surface area contributed by atoms with Crippen LogP contribution < -0.4 is 0 Å². The summed E-state index contributed by atoms with van der Waals surface area (Å²) in [5.74, 6) is 2.12. The lowest BCUT2D eigenvalue weighted by atomic mass is 9.85. The van der Waals surface area contributed by atoms with Gasteiger partial charge < -0.3 is 0 Å². The molecule has 0 spiro atoms. The van der Waals surface area contributed by atoms with Crippen LogP contribution in [0.1, 0.15) is 90.9 Å². The fourth-order valence-electron chi connectivity index (χ4n) is 3.39.